The average Bonchev–Trinajstić information content (AvgIpc) is 3.12. The predicted molar refractivity (Wildman–Crippen MR) is 130 cm³/mol. The van der Waals surface area contributed by atoms with E-state index < -0.39 is 0 Å². The second-order valence-electron chi connectivity index (χ2n) is 7.93. The molecule has 1 aliphatic heterocycles. The monoisotopic (exact) mass is 447 g/mol. The molecule has 32 heavy (non-hydrogen) atoms. The number of nitrogens with zero attached hydrogens (tertiary/aromatic N) is 4. The lowest BCUT2D eigenvalue weighted by Gasteiger charge is -2.27. The van der Waals surface area contributed by atoms with Crippen LogP contribution in [0.1, 0.15) is 43.9 Å². The van der Waals surface area contributed by atoms with Crippen LogP contribution >= 0.6 is 11.6 Å². The third kappa shape index (κ3) is 3.94. The summed E-state index contributed by atoms with van der Waals surface area (Å²) in [4.78, 5) is 13.4. The predicted octanol–water partition coefficient (Wildman–Crippen LogP) is 5.54. The first-order valence-electron chi connectivity index (χ1n) is 10.6. The zero-order valence-electron chi connectivity index (χ0n) is 18.6. The van der Waals surface area contributed by atoms with Gasteiger partial charge in [0.1, 0.15) is 11.6 Å². The van der Waals surface area contributed by atoms with Crippen molar-refractivity contribution in [3.8, 4) is 5.69 Å². The van der Waals surface area contributed by atoms with Crippen molar-refractivity contribution in [1.82, 2.24) is 20.1 Å². The Morgan fingerprint density at radius 2 is 1.91 bits per heavy atom. The summed E-state index contributed by atoms with van der Waals surface area (Å²) < 4.78 is 2.13. The molecule has 164 valence electrons. The zero-order chi connectivity index (χ0) is 22.8. The first-order chi connectivity index (χ1) is 15.4. The number of aromatic nitrogens is 3. The van der Waals surface area contributed by atoms with Crippen LogP contribution in [0.15, 0.2) is 60.3 Å². The second kappa shape index (κ2) is 9.01. The van der Waals surface area contributed by atoms with Crippen LogP contribution < -0.4 is 10.2 Å². The number of benzene rings is 2. The fourth-order valence-electron chi connectivity index (χ4n) is 4.18. The molecule has 0 saturated heterocycles. The number of halogens is 1. The van der Waals surface area contributed by atoms with Crippen molar-refractivity contribution >= 4 is 35.0 Å². The van der Waals surface area contributed by atoms with Crippen molar-refractivity contribution in [1.29, 1.82) is 0 Å². The van der Waals surface area contributed by atoms with Crippen molar-refractivity contribution < 1.29 is 4.79 Å². The van der Waals surface area contributed by atoms with E-state index in [0.717, 1.165) is 52.1 Å². The number of aryl methyl sites for hydroxylation is 1. The number of anilines is 2. The molecule has 1 aliphatic rings. The van der Waals surface area contributed by atoms with Gasteiger partial charge < -0.3 is 10.2 Å². The zero-order valence-corrected chi connectivity index (χ0v) is 19.4. The van der Waals surface area contributed by atoms with Crippen LogP contribution in [0, 0.1) is 6.92 Å². The van der Waals surface area contributed by atoms with Crippen molar-refractivity contribution in [3.63, 3.8) is 0 Å². The van der Waals surface area contributed by atoms with Gasteiger partial charge in [0.05, 0.1) is 11.4 Å². The Morgan fingerprint density at radius 3 is 2.59 bits per heavy atom. The van der Waals surface area contributed by atoms with E-state index in [0.29, 0.717) is 11.4 Å². The summed E-state index contributed by atoms with van der Waals surface area (Å²) in [5.41, 5.74) is 5.87. The summed E-state index contributed by atoms with van der Waals surface area (Å²) in [6, 6.07) is 14.2. The number of carbonyl (C=O) groups is 1. The number of hydrogen-bond acceptors (Lipinski definition) is 4. The molecule has 0 unspecified atom stereocenters. The van der Waals surface area contributed by atoms with E-state index in [1.54, 1.807) is 0 Å². The summed E-state index contributed by atoms with van der Waals surface area (Å²) in [6.07, 6.45) is 4.68. The quantitative estimate of drug-likeness (QED) is 0.412. The Bertz CT molecular complexity index is 1210. The van der Waals surface area contributed by atoms with Crippen molar-refractivity contribution in [3.05, 3.63) is 82.5 Å². The average molecular weight is 448 g/mol. The van der Waals surface area contributed by atoms with Gasteiger partial charge in [-0.05, 0) is 62.7 Å². The Kier molecular flexibility index (Phi) is 6.15. The van der Waals surface area contributed by atoms with Crippen LogP contribution in [0.5, 0.6) is 0 Å². The standard InChI is InChI=1S/C25H26ClN5O/c1-5-6-22(17(3)27-15-32)19-7-12-23-24(13-19)30(21-10-8-20(26)9-11-21)14-16(2)25-29-28-18(4)31(23)25/h5-13,15-16H,14H2,1-4H3,(H,27,32)/b6-5-,22-17+/t16-/m1/s1. The maximum Gasteiger partial charge on any atom is 0.211 e. The van der Waals surface area contributed by atoms with Gasteiger partial charge in [-0.2, -0.15) is 0 Å². The van der Waals surface area contributed by atoms with E-state index >= 15 is 0 Å². The van der Waals surface area contributed by atoms with Gasteiger partial charge in [-0.15, -0.1) is 10.2 Å². The molecule has 4 rings (SSSR count). The third-order valence-electron chi connectivity index (χ3n) is 5.72. The van der Waals surface area contributed by atoms with E-state index in [-0.39, 0.29) is 5.92 Å². The molecule has 2 heterocycles. The molecular formula is C25H26ClN5O. The minimum Gasteiger partial charge on any atom is -0.339 e. The molecule has 7 heteroatoms. The Balaban J connectivity index is 1.97. The van der Waals surface area contributed by atoms with Gasteiger partial charge in [0.15, 0.2) is 0 Å². The lowest BCUT2D eigenvalue weighted by Crippen LogP contribution is -2.22. The molecule has 0 aliphatic carbocycles. The molecule has 0 fully saturated rings. The van der Waals surface area contributed by atoms with E-state index in [1.807, 2.05) is 57.2 Å². The molecule has 1 N–H and O–H groups in total. The van der Waals surface area contributed by atoms with Gasteiger partial charge in [0, 0.05) is 34.4 Å². The van der Waals surface area contributed by atoms with Crippen molar-refractivity contribution in [2.24, 2.45) is 0 Å². The SMILES string of the molecule is C/C=C\C(=C(\C)NC=O)c1ccc2c(c1)N(c1ccc(Cl)cc1)C[C@@H](C)c1nnc(C)n1-2. The summed E-state index contributed by atoms with van der Waals surface area (Å²) in [7, 11) is 0. The Hall–Kier alpha value is -3.38. The topological polar surface area (TPSA) is 63.1 Å². The number of allylic oxidation sites excluding steroid dienone is 4. The van der Waals surface area contributed by atoms with Crippen LogP contribution in [0.2, 0.25) is 5.02 Å². The molecule has 1 aromatic heterocycles. The largest absolute Gasteiger partial charge is 0.339 e. The van der Waals surface area contributed by atoms with E-state index in [1.165, 1.54) is 0 Å². The highest BCUT2D eigenvalue weighted by molar-refractivity contribution is 6.30. The minimum absolute atomic E-state index is 0.159. The van der Waals surface area contributed by atoms with Gasteiger partial charge in [-0.3, -0.25) is 9.36 Å². The molecule has 0 saturated carbocycles. The summed E-state index contributed by atoms with van der Waals surface area (Å²) >= 11 is 6.16. The summed E-state index contributed by atoms with van der Waals surface area (Å²) in [5, 5.41) is 12.3. The minimum atomic E-state index is 0.159. The van der Waals surface area contributed by atoms with Crippen LogP contribution in [0.4, 0.5) is 11.4 Å². The fraction of sp³-hybridized carbons (Fsp3) is 0.240. The molecule has 3 aromatic rings. The fourth-order valence-corrected chi connectivity index (χ4v) is 4.31. The first-order valence-corrected chi connectivity index (χ1v) is 11.0. The molecule has 0 spiro atoms. The van der Waals surface area contributed by atoms with E-state index in [2.05, 4.69) is 50.1 Å². The molecule has 1 atom stereocenters. The highest BCUT2D eigenvalue weighted by atomic mass is 35.5. The van der Waals surface area contributed by atoms with Crippen molar-refractivity contribution in [2.45, 2.75) is 33.6 Å². The molecule has 1 amide bonds. The summed E-state index contributed by atoms with van der Waals surface area (Å²) in [6.45, 7) is 8.74. The Labute approximate surface area is 193 Å². The lowest BCUT2D eigenvalue weighted by atomic mass is 10.0. The lowest BCUT2D eigenvalue weighted by molar-refractivity contribution is -0.108. The highest BCUT2D eigenvalue weighted by Crippen LogP contribution is 2.40. The molecule has 6 nitrogen and oxygen atoms in total. The summed E-state index contributed by atoms with van der Waals surface area (Å²) in [5.74, 6) is 1.95. The van der Waals surface area contributed by atoms with E-state index in [9.17, 15) is 4.79 Å². The van der Waals surface area contributed by atoms with Crippen LogP contribution in [0.25, 0.3) is 11.3 Å². The number of amides is 1. The van der Waals surface area contributed by atoms with Gasteiger partial charge in [0.25, 0.3) is 0 Å². The smallest absolute Gasteiger partial charge is 0.211 e. The molecule has 0 radical (unpaired) electrons. The number of hydrogen-bond donors (Lipinski definition) is 1. The van der Waals surface area contributed by atoms with Gasteiger partial charge in [-0.1, -0.05) is 36.7 Å². The Morgan fingerprint density at radius 1 is 1.16 bits per heavy atom. The molecule has 2 aromatic carbocycles. The molecular weight excluding hydrogens is 422 g/mol. The van der Waals surface area contributed by atoms with Crippen LogP contribution in [-0.4, -0.2) is 27.7 Å². The maximum absolute atomic E-state index is 11.1. The molecule has 0 bridgehead atoms. The third-order valence-corrected chi connectivity index (χ3v) is 5.97. The van der Waals surface area contributed by atoms with E-state index in [4.69, 9.17) is 11.6 Å². The maximum atomic E-state index is 11.1. The van der Waals surface area contributed by atoms with Crippen molar-refractivity contribution in [2.75, 3.05) is 11.4 Å². The highest BCUT2D eigenvalue weighted by Gasteiger charge is 2.28. The van der Waals surface area contributed by atoms with Gasteiger partial charge >= 0.3 is 0 Å². The number of nitrogens with one attached hydrogen (secondary N) is 1. The van der Waals surface area contributed by atoms with Crippen LogP contribution in [-0.2, 0) is 4.79 Å². The normalized spacial score (nSPS) is 16.3. The van der Waals surface area contributed by atoms with Gasteiger partial charge in [-0.25, -0.2) is 0 Å². The van der Waals surface area contributed by atoms with Gasteiger partial charge in [0.2, 0.25) is 6.41 Å². The van der Waals surface area contributed by atoms with Crippen LogP contribution in [0.3, 0.4) is 0 Å². The number of rotatable bonds is 5. The number of carbonyl (C=O) groups excluding carboxylic acids is 1. The number of fused-ring (bicyclic) bond motifs is 3. The first kappa shape index (κ1) is 21.8. The second-order valence-corrected chi connectivity index (χ2v) is 8.37.